The first kappa shape index (κ1) is 20.0. The molecule has 0 fully saturated rings. The molecule has 0 saturated heterocycles. The zero-order valence-corrected chi connectivity index (χ0v) is 15.2. The summed E-state index contributed by atoms with van der Waals surface area (Å²) in [5.41, 5.74) is 0.413. The summed E-state index contributed by atoms with van der Waals surface area (Å²) in [6.45, 7) is 2.16. The highest BCUT2D eigenvalue weighted by atomic mass is 79.9. The zero-order chi connectivity index (χ0) is 17.1. The maximum absolute atomic E-state index is 13.7. The lowest BCUT2D eigenvalue weighted by Crippen LogP contribution is -2.12. The first-order valence-electron chi connectivity index (χ1n) is 8.31. The van der Waals surface area contributed by atoms with Crippen LogP contribution >= 0.6 is 15.9 Å². The van der Waals surface area contributed by atoms with Gasteiger partial charge in [0.1, 0.15) is 0 Å². The number of carbonyl (C=O) groups is 1. The normalized spacial score (nSPS) is 12.0. The third-order valence-electron chi connectivity index (χ3n) is 3.72. The molecule has 0 unspecified atom stereocenters. The van der Waals surface area contributed by atoms with E-state index in [-0.39, 0.29) is 6.42 Å². The SMILES string of the molecule is CCCCCCCCCC(F)(F)/C=C/C(=O)c1ccc(Br)cc1. The Balaban J connectivity index is 2.32. The van der Waals surface area contributed by atoms with E-state index in [0.29, 0.717) is 12.0 Å². The molecule has 23 heavy (non-hydrogen) atoms. The number of rotatable bonds is 11. The van der Waals surface area contributed by atoms with Gasteiger partial charge >= 0.3 is 0 Å². The molecule has 0 N–H and O–H groups in total. The minimum absolute atomic E-state index is 0.190. The Bertz CT molecular complexity index is 495. The van der Waals surface area contributed by atoms with E-state index >= 15 is 0 Å². The van der Waals surface area contributed by atoms with E-state index in [4.69, 9.17) is 0 Å². The van der Waals surface area contributed by atoms with Crippen molar-refractivity contribution >= 4 is 21.7 Å². The molecule has 0 heterocycles. The summed E-state index contributed by atoms with van der Waals surface area (Å²) in [5.74, 6) is -3.30. The monoisotopic (exact) mass is 386 g/mol. The number of unbranched alkanes of at least 4 members (excludes halogenated alkanes) is 6. The number of benzene rings is 1. The Morgan fingerprint density at radius 1 is 1.04 bits per heavy atom. The second kappa shape index (κ2) is 10.7. The third kappa shape index (κ3) is 8.99. The van der Waals surface area contributed by atoms with E-state index in [1.54, 1.807) is 24.3 Å². The fraction of sp³-hybridized carbons (Fsp3) is 0.526. The molecule has 1 aromatic rings. The van der Waals surface area contributed by atoms with Crippen molar-refractivity contribution < 1.29 is 13.6 Å². The Kier molecular flexibility index (Phi) is 9.30. The minimum Gasteiger partial charge on any atom is -0.289 e. The number of hydrogen-bond donors (Lipinski definition) is 0. The van der Waals surface area contributed by atoms with Crippen molar-refractivity contribution in [3.63, 3.8) is 0 Å². The number of halogens is 3. The molecule has 0 radical (unpaired) electrons. The van der Waals surface area contributed by atoms with Gasteiger partial charge in [0.25, 0.3) is 5.92 Å². The van der Waals surface area contributed by atoms with Crippen molar-refractivity contribution in [2.45, 2.75) is 64.2 Å². The van der Waals surface area contributed by atoms with Gasteiger partial charge < -0.3 is 0 Å². The third-order valence-corrected chi connectivity index (χ3v) is 4.25. The number of ketones is 1. The van der Waals surface area contributed by atoms with Gasteiger partial charge in [-0.1, -0.05) is 61.4 Å². The van der Waals surface area contributed by atoms with E-state index in [1.165, 1.54) is 19.3 Å². The molecule has 0 aliphatic rings. The van der Waals surface area contributed by atoms with Gasteiger partial charge in [-0.15, -0.1) is 0 Å². The minimum atomic E-state index is -2.91. The topological polar surface area (TPSA) is 17.1 Å². The standard InChI is InChI=1S/C19H25BrF2O/c1-2-3-4-5-6-7-8-14-19(21,22)15-13-18(23)16-9-11-17(20)12-10-16/h9-13,15H,2-8,14H2,1H3/b15-13+. The van der Waals surface area contributed by atoms with Crippen LogP contribution in [0, 0.1) is 0 Å². The Morgan fingerprint density at radius 2 is 1.61 bits per heavy atom. The van der Waals surface area contributed by atoms with E-state index < -0.39 is 11.7 Å². The molecule has 0 saturated carbocycles. The van der Waals surface area contributed by atoms with Gasteiger partial charge in [0.15, 0.2) is 5.78 Å². The van der Waals surface area contributed by atoms with Crippen LogP contribution < -0.4 is 0 Å². The van der Waals surface area contributed by atoms with Crippen molar-refractivity contribution in [2.24, 2.45) is 0 Å². The maximum atomic E-state index is 13.7. The van der Waals surface area contributed by atoms with Crippen molar-refractivity contribution in [1.29, 1.82) is 0 Å². The predicted octanol–water partition coefficient (Wildman–Crippen LogP) is 6.96. The van der Waals surface area contributed by atoms with Gasteiger partial charge in [-0.2, -0.15) is 0 Å². The molecule has 1 nitrogen and oxygen atoms in total. The average Bonchev–Trinajstić information content (AvgIpc) is 2.52. The number of alkyl halides is 2. The maximum Gasteiger partial charge on any atom is 0.266 e. The summed E-state index contributed by atoms with van der Waals surface area (Å²) in [6.07, 6.45) is 8.60. The van der Waals surface area contributed by atoms with Crippen molar-refractivity contribution in [2.75, 3.05) is 0 Å². The first-order valence-corrected chi connectivity index (χ1v) is 9.11. The fourth-order valence-corrected chi connectivity index (χ4v) is 2.57. The second-order valence-corrected chi connectivity index (χ2v) is 6.75. The zero-order valence-electron chi connectivity index (χ0n) is 13.7. The lowest BCUT2D eigenvalue weighted by atomic mass is 10.0. The molecule has 0 amide bonds. The summed E-state index contributed by atoms with van der Waals surface area (Å²) in [7, 11) is 0. The highest BCUT2D eigenvalue weighted by Gasteiger charge is 2.24. The molecule has 0 spiro atoms. The molecule has 0 aromatic heterocycles. The summed E-state index contributed by atoms with van der Waals surface area (Å²) in [5, 5.41) is 0. The van der Waals surface area contributed by atoms with Crippen LogP contribution in [0.1, 0.15) is 68.6 Å². The summed E-state index contributed by atoms with van der Waals surface area (Å²) < 4.78 is 28.3. The van der Waals surface area contributed by atoms with Gasteiger partial charge in [-0.05, 0) is 42.8 Å². The van der Waals surface area contributed by atoms with Crippen LogP contribution in [0.25, 0.3) is 0 Å². The summed E-state index contributed by atoms with van der Waals surface area (Å²) in [6, 6.07) is 6.67. The molecular formula is C19H25BrF2O. The van der Waals surface area contributed by atoms with Crippen LogP contribution in [-0.4, -0.2) is 11.7 Å². The second-order valence-electron chi connectivity index (χ2n) is 5.84. The summed E-state index contributed by atoms with van der Waals surface area (Å²) in [4.78, 5) is 11.8. The lowest BCUT2D eigenvalue weighted by molar-refractivity contribution is 0.0422. The quantitative estimate of drug-likeness (QED) is 0.228. The van der Waals surface area contributed by atoms with E-state index in [0.717, 1.165) is 35.9 Å². The first-order chi connectivity index (χ1) is 10.9. The molecule has 1 aromatic carbocycles. The van der Waals surface area contributed by atoms with Crippen LogP contribution in [0.2, 0.25) is 0 Å². The van der Waals surface area contributed by atoms with Gasteiger partial charge in [-0.3, -0.25) is 4.79 Å². The molecule has 128 valence electrons. The van der Waals surface area contributed by atoms with Crippen LogP contribution in [0.4, 0.5) is 8.78 Å². The highest BCUT2D eigenvalue weighted by molar-refractivity contribution is 9.10. The molecule has 0 aliphatic carbocycles. The molecule has 1 rings (SSSR count). The number of hydrogen-bond acceptors (Lipinski definition) is 1. The van der Waals surface area contributed by atoms with Crippen molar-refractivity contribution in [3.05, 3.63) is 46.5 Å². The van der Waals surface area contributed by atoms with Crippen molar-refractivity contribution in [1.82, 2.24) is 0 Å². The van der Waals surface area contributed by atoms with E-state index in [1.807, 2.05) is 0 Å². The lowest BCUT2D eigenvalue weighted by Gasteiger charge is -2.11. The summed E-state index contributed by atoms with van der Waals surface area (Å²) >= 11 is 3.27. The Labute approximate surface area is 146 Å². The fourth-order valence-electron chi connectivity index (χ4n) is 2.31. The van der Waals surface area contributed by atoms with E-state index in [9.17, 15) is 13.6 Å². The molecule has 0 aliphatic heterocycles. The van der Waals surface area contributed by atoms with Crippen LogP contribution in [0.15, 0.2) is 40.9 Å². The molecular weight excluding hydrogens is 362 g/mol. The Hall–Kier alpha value is -1.03. The molecule has 0 atom stereocenters. The van der Waals surface area contributed by atoms with Gasteiger partial charge in [0, 0.05) is 16.5 Å². The van der Waals surface area contributed by atoms with Crippen LogP contribution in [0.5, 0.6) is 0 Å². The van der Waals surface area contributed by atoms with Gasteiger partial charge in [0.05, 0.1) is 0 Å². The van der Waals surface area contributed by atoms with E-state index in [2.05, 4.69) is 22.9 Å². The van der Waals surface area contributed by atoms with Crippen LogP contribution in [0.3, 0.4) is 0 Å². The molecule has 4 heteroatoms. The van der Waals surface area contributed by atoms with Gasteiger partial charge in [-0.25, -0.2) is 8.78 Å². The average molecular weight is 387 g/mol. The predicted molar refractivity (Wildman–Crippen MR) is 95.2 cm³/mol. The smallest absolute Gasteiger partial charge is 0.266 e. The number of allylic oxidation sites excluding steroid dienone is 2. The molecule has 0 bridgehead atoms. The number of carbonyl (C=O) groups excluding carboxylic acids is 1. The van der Waals surface area contributed by atoms with Gasteiger partial charge in [0.2, 0.25) is 0 Å². The largest absolute Gasteiger partial charge is 0.289 e. The Morgan fingerprint density at radius 3 is 2.22 bits per heavy atom. The van der Waals surface area contributed by atoms with Crippen LogP contribution in [-0.2, 0) is 0 Å². The highest BCUT2D eigenvalue weighted by Crippen LogP contribution is 2.24. The van der Waals surface area contributed by atoms with Crippen molar-refractivity contribution in [3.8, 4) is 0 Å².